The smallest absolute Gasteiger partial charge is 0.257 e. The van der Waals surface area contributed by atoms with Crippen LogP contribution in [0.4, 0.5) is 5.82 Å². The molecule has 1 saturated heterocycles. The van der Waals surface area contributed by atoms with Gasteiger partial charge in [0.15, 0.2) is 0 Å². The van der Waals surface area contributed by atoms with E-state index in [0.717, 1.165) is 38.9 Å². The van der Waals surface area contributed by atoms with Crippen molar-refractivity contribution in [3.63, 3.8) is 0 Å². The Morgan fingerprint density at radius 1 is 1.40 bits per heavy atom. The molecule has 1 aromatic rings. The molecule has 0 saturated carbocycles. The van der Waals surface area contributed by atoms with E-state index in [4.69, 9.17) is 0 Å². The largest absolute Gasteiger partial charge is 0.370 e. The van der Waals surface area contributed by atoms with E-state index < -0.39 is 0 Å². The molecule has 2 rings (SSSR count). The summed E-state index contributed by atoms with van der Waals surface area (Å²) in [5.74, 6) is 0.809. The average molecular weight is 275 g/mol. The van der Waals surface area contributed by atoms with Gasteiger partial charge in [-0.1, -0.05) is 13.8 Å². The number of aromatic nitrogens is 1. The van der Waals surface area contributed by atoms with E-state index in [-0.39, 0.29) is 5.91 Å². The molecule has 1 aliphatic rings. The molecule has 0 unspecified atom stereocenters. The summed E-state index contributed by atoms with van der Waals surface area (Å²) in [7, 11) is 0. The van der Waals surface area contributed by atoms with Crippen LogP contribution in [0.1, 0.15) is 50.4 Å². The van der Waals surface area contributed by atoms with Crippen LogP contribution in [0.3, 0.4) is 0 Å². The number of hydrogen-bond acceptors (Lipinski definition) is 3. The number of carbonyl (C=O) groups is 1. The van der Waals surface area contributed by atoms with E-state index >= 15 is 0 Å². The van der Waals surface area contributed by atoms with Gasteiger partial charge in [-0.05, 0) is 43.7 Å². The maximum Gasteiger partial charge on any atom is 0.257 e. The van der Waals surface area contributed by atoms with Crippen molar-refractivity contribution in [2.75, 3.05) is 25.0 Å². The Bertz CT molecular complexity index is 469. The first kappa shape index (κ1) is 14.8. The van der Waals surface area contributed by atoms with Crippen LogP contribution in [-0.4, -0.2) is 35.4 Å². The van der Waals surface area contributed by atoms with Crippen molar-refractivity contribution < 1.29 is 4.79 Å². The van der Waals surface area contributed by atoms with Gasteiger partial charge < -0.3 is 10.2 Å². The van der Waals surface area contributed by atoms with E-state index in [1.807, 2.05) is 24.0 Å². The molecule has 2 heterocycles. The lowest BCUT2D eigenvalue weighted by Crippen LogP contribution is -2.32. The Balaban J connectivity index is 2.17. The van der Waals surface area contributed by atoms with Crippen LogP contribution in [0.2, 0.25) is 0 Å². The fourth-order valence-electron chi connectivity index (χ4n) is 2.99. The first-order valence-corrected chi connectivity index (χ1v) is 7.64. The minimum absolute atomic E-state index is 0.109. The summed E-state index contributed by atoms with van der Waals surface area (Å²) in [6.07, 6.45) is 5.12. The molecule has 1 aromatic heterocycles. The number of hydrogen-bond donors (Lipinski definition) is 1. The molecule has 0 spiro atoms. The quantitative estimate of drug-likeness (QED) is 0.897. The normalized spacial score (nSPS) is 17.2. The van der Waals surface area contributed by atoms with Crippen molar-refractivity contribution in [2.24, 2.45) is 5.41 Å². The maximum atomic E-state index is 12.7. The Hall–Kier alpha value is -1.58. The predicted molar refractivity (Wildman–Crippen MR) is 81.9 cm³/mol. The Morgan fingerprint density at radius 3 is 2.75 bits per heavy atom. The summed E-state index contributed by atoms with van der Waals surface area (Å²) in [5, 5.41) is 3.17. The van der Waals surface area contributed by atoms with Crippen LogP contribution >= 0.6 is 0 Å². The predicted octanol–water partition coefficient (Wildman–Crippen LogP) is 3.17. The molecule has 0 aliphatic carbocycles. The number of carbonyl (C=O) groups excluding carboxylic acids is 1. The molecule has 0 bridgehead atoms. The van der Waals surface area contributed by atoms with Crippen LogP contribution < -0.4 is 5.32 Å². The van der Waals surface area contributed by atoms with Crippen molar-refractivity contribution in [1.29, 1.82) is 0 Å². The van der Waals surface area contributed by atoms with Crippen LogP contribution in [0.15, 0.2) is 18.3 Å². The van der Waals surface area contributed by atoms with Crippen molar-refractivity contribution >= 4 is 11.7 Å². The zero-order valence-electron chi connectivity index (χ0n) is 12.8. The lowest BCUT2D eigenvalue weighted by atomic mass is 9.82. The van der Waals surface area contributed by atoms with Crippen LogP contribution in [0, 0.1) is 5.41 Å². The topological polar surface area (TPSA) is 45.2 Å². The first-order chi connectivity index (χ1) is 9.65. The third kappa shape index (κ3) is 2.79. The summed E-state index contributed by atoms with van der Waals surface area (Å²) >= 11 is 0. The van der Waals surface area contributed by atoms with Crippen LogP contribution in [-0.2, 0) is 0 Å². The number of nitrogens with one attached hydrogen (secondary N) is 1. The SMILES string of the molecule is CCNc1ncccc1C(=O)N1CCC(CC)(CC)C1. The second-order valence-corrected chi connectivity index (χ2v) is 5.61. The molecule has 4 nitrogen and oxygen atoms in total. The lowest BCUT2D eigenvalue weighted by molar-refractivity contribution is 0.0770. The second kappa shape index (κ2) is 6.25. The number of likely N-dealkylation sites (tertiary alicyclic amines) is 1. The summed E-state index contributed by atoms with van der Waals surface area (Å²) in [5.41, 5.74) is 1.01. The molecule has 1 fully saturated rings. The van der Waals surface area contributed by atoms with Crippen molar-refractivity contribution in [1.82, 2.24) is 9.88 Å². The molecule has 1 amide bonds. The van der Waals surface area contributed by atoms with Gasteiger partial charge in [-0.2, -0.15) is 0 Å². The number of anilines is 1. The monoisotopic (exact) mass is 275 g/mol. The molecular formula is C16H25N3O. The van der Waals surface area contributed by atoms with E-state index in [9.17, 15) is 4.79 Å². The maximum absolute atomic E-state index is 12.7. The second-order valence-electron chi connectivity index (χ2n) is 5.61. The number of pyridine rings is 1. The summed E-state index contributed by atoms with van der Waals surface area (Å²) in [6, 6.07) is 3.70. The summed E-state index contributed by atoms with van der Waals surface area (Å²) in [6.45, 7) is 8.97. The zero-order chi connectivity index (χ0) is 14.6. The number of rotatable bonds is 5. The fraction of sp³-hybridized carbons (Fsp3) is 0.625. The highest BCUT2D eigenvalue weighted by atomic mass is 16.2. The molecular weight excluding hydrogens is 250 g/mol. The van der Waals surface area contributed by atoms with Gasteiger partial charge in [-0.15, -0.1) is 0 Å². The zero-order valence-corrected chi connectivity index (χ0v) is 12.8. The molecule has 20 heavy (non-hydrogen) atoms. The third-order valence-electron chi connectivity index (χ3n) is 4.61. The highest BCUT2D eigenvalue weighted by molar-refractivity contribution is 5.98. The standard InChI is InChI=1S/C16H25N3O/c1-4-16(5-2)9-11-19(12-16)15(20)13-8-7-10-18-14(13)17-6-3/h7-8,10H,4-6,9,11-12H2,1-3H3,(H,17,18). The number of nitrogens with zero attached hydrogens (tertiary/aromatic N) is 2. The van der Waals surface area contributed by atoms with E-state index in [1.165, 1.54) is 0 Å². The van der Waals surface area contributed by atoms with E-state index in [1.54, 1.807) is 6.20 Å². The van der Waals surface area contributed by atoms with Crippen LogP contribution in [0.5, 0.6) is 0 Å². The lowest BCUT2D eigenvalue weighted by Gasteiger charge is -2.26. The molecule has 110 valence electrons. The third-order valence-corrected chi connectivity index (χ3v) is 4.61. The van der Waals surface area contributed by atoms with Crippen molar-refractivity contribution in [2.45, 2.75) is 40.0 Å². The minimum atomic E-state index is 0.109. The van der Waals surface area contributed by atoms with Gasteiger partial charge in [-0.3, -0.25) is 4.79 Å². The van der Waals surface area contributed by atoms with Crippen LogP contribution in [0.25, 0.3) is 0 Å². The fourth-order valence-corrected chi connectivity index (χ4v) is 2.99. The molecule has 0 aromatic carbocycles. The summed E-state index contributed by atoms with van der Waals surface area (Å²) < 4.78 is 0. The van der Waals surface area contributed by atoms with Gasteiger partial charge in [-0.25, -0.2) is 4.98 Å². The van der Waals surface area contributed by atoms with Gasteiger partial charge in [0.05, 0.1) is 5.56 Å². The summed E-state index contributed by atoms with van der Waals surface area (Å²) in [4.78, 5) is 19.0. The van der Waals surface area contributed by atoms with Crippen molar-refractivity contribution in [3.8, 4) is 0 Å². The van der Waals surface area contributed by atoms with E-state index in [0.29, 0.717) is 16.8 Å². The van der Waals surface area contributed by atoms with Gasteiger partial charge in [0.25, 0.3) is 5.91 Å². The Labute approximate surface area is 121 Å². The molecule has 1 aliphatic heterocycles. The van der Waals surface area contributed by atoms with Gasteiger partial charge in [0.2, 0.25) is 0 Å². The Kier molecular flexibility index (Phi) is 4.63. The highest BCUT2D eigenvalue weighted by Gasteiger charge is 2.37. The molecule has 4 heteroatoms. The van der Waals surface area contributed by atoms with Gasteiger partial charge in [0, 0.05) is 25.8 Å². The first-order valence-electron chi connectivity index (χ1n) is 7.64. The van der Waals surface area contributed by atoms with Gasteiger partial charge in [0.1, 0.15) is 5.82 Å². The molecule has 0 radical (unpaired) electrons. The van der Waals surface area contributed by atoms with Gasteiger partial charge >= 0.3 is 0 Å². The minimum Gasteiger partial charge on any atom is -0.370 e. The number of amides is 1. The molecule has 0 atom stereocenters. The highest BCUT2D eigenvalue weighted by Crippen LogP contribution is 2.37. The Morgan fingerprint density at radius 2 is 2.15 bits per heavy atom. The average Bonchev–Trinajstić information content (AvgIpc) is 2.93. The van der Waals surface area contributed by atoms with E-state index in [2.05, 4.69) is 24.1 Å². The van der Waals surface area contributed by atoms with Crippen molar-refractivity contribution in [3.05, 3.63) is 23.9 Å². The molecule has 1 N–H and O–H groups in total.